The monoisotopic (exact) mass is 372 g/mol. The van der Waals surface area contributed by atoms with Crippen molar-refractivity contribution < 1.29 is 23.5 Å². The highest BCUT2D eigenvalue weighted by Crippen LogP contribution is 2.22. The van der Waals surface area contributed by atoms with Crippen molar-refractivity contribution in [3.63, 3.8) is 0 Å². The number of hydrogen-bond acceptors (Lipinski definition) is 5. The molecule has 1 heterocycles. The first-order chi connectivity index (χ1) is 13.0. The van der Waals surface area contributed by atoms with E-state index >= 15 is 0 Å². The molecule has 0 radical (unpaired) electrons. The number of ether oxygens (including phenoxy) is 2. The van der Waals surface area contributed by atoms with Crippen LogP contribution in [0.2, 0.25) is 0 Å². The van der Waals surface area contributed by atoms with Crippen molar-refractivity contribution in [3.8, 4) is 0 Å². The second-order valence-electron chi connectivity index (χ2n) is 6.27. The summed E-state index contributed by atoms with van der Waals surface area (Å²) in [5.41, 5.74) is 1.45. The summed E-state index contributed by atoms with van der Waals surface area (Å²) < 4.78 is 23.6. The summed E-state index contributed by atoms with van der Waals surface area (Å²) in [6.07, 6.45) is -0.0287. The lowest BCUT2D eigenvalue weighted by Crippen LogP contribution is -2.46. The molecule has 1 atom stereocenters. The van der Waals surface area contributed by atoms with E-state index in [9.17, 15) is 14.0 Å². The van der Waals surface area contributed by atoms with Crippen LogP contribution in [-0.2, 0) is 14.3 Å². The van der Waals surface area contributed by atoms with E-state index in [-0.39, 0.29) is 24.4 Å². The van der Waals surface area contributed by atoms with E-state index in [1.54, 1.807) is 41.3 Å². The van der Waals surface area contributed by atoms with E-state index in [2.05, 4.69) is 5.32 Å². The van der Waals surface area contributed by atoms with E-state index in [0.29, 0.717) is 36.6 Å². The maximum absolute atomic E-state index is 13.0. The van der Waals surface area contributed by atoms with Gasteiger partial charge in [-0.2, -0.15) is 0 Å². The highest BCUT2D eigenvalue weighted by molar-refractivity contribution is 5.97. The number of amides is 1. The van der Waals surface area contributed by atoms with Crippen LogP contribution in [0, 0.1) is 5.82 Å². The van der Waals surface area contributed by atoms with Gasteiger partial charge in [0.25, 0.3) is 5.91 Å². The van der Waals surface area contributed by atoms with Gasteiger partial charge in [0.2, 0.25) is 0 Å². The van der Waals surface area contributed by atoms with Crippen molar-refractivity contribution in [1.29, 1.82) is 0 Å². The van der Waals surface area contributed by atoms with Crippen molar-refractivity contribution in [2.24, 2.45) is 0 Å². The molecule has 0 aromatic heterocycles. The van der Waals surface area contributed by atoms with Crippen LogP contribution in [0.15, 0.2) is 48.5 Å². The molecule has 0 saturated carbocycles. The number of nitrogens with one attached hydrogen (secondary N) is 1. The summed E-state index contributed by atoms with van der Waals surface area (Å²) in [5, 5.41) is 3.06. The molecule has 6 nitrogen and oxygen atoms in total. The molecule has 0 bridgehead atoms. The van der Waals surface area contributed by atoms with Gasteiger partial charge in [0.05, 0.1) is 24.0 Å². The molecule has 0 aliphatic carbocycles. The molecule has 7 heteroatoms. The Morgan fingerprint density at radius 3 is 2.70 bits per heavy atom. The van der Waals surface area contributed by atoms with Crippen molar-refractivity contribution in [1.82, 2.24) is 4.90 Å². The Labute approximate surface area is 156 Å². The van der Waals surface area contributed by atoms with Crippen LogP contribution in [0.5, 0.6) is 0 Å². The quantitative estimate of drug-likeness (QED) is 0.818. The smallest absolute Gasteiger partial charge is 0.340 e. The van der Waals surface area contributed by atoms with Crippen molar-refractivity contribution in [3.05, 3.63) is 59.9 Å². The summed E-state index contributed by atoms with van der Waals surface area (Å²) in [6, 6.07) is 12.6. The highest BCUT2D eigenvalue weighted by atomic mass is 19.1. The SMILES string of the molecule is CC1CN(C(=O)COC(=O)c2ccccc2Nc2ccc(F)cc2)CCO1. The second kappa shape index (κ2) is 8.64. The number of esters is 1. The van der Waals surface area contributed by atoms with Crippen LogP contribution in [-0.4, -0.2) is 49.2 Å². The van der Waals surface area contributed by atoms with Crippen LogP contribution in [0.25, 0.3) is 0 Å². The third-order valence-electron chi connectivity index (χ3n) is 4.19. The van der Waals surface area contributed by atoms with Gasteiger partial charge in [-0.05, 0) is 43.3 Å². The van der Waals surface area contributed by atoms with E-state index in [0.717, 1.165) is 0 Å². The highest BCUT2D eigenvalue weighted by Gasteiger charge is 2.23. The molecular formula is C20H21FN2O4. The Morgan fingerprint density at radius 1 is 1.22 bits per heavy atom. The molecule has 1 fully saturated rings. The zero-order chi connectivity index (χ0) is 19.2. The number of rotatable bonds is 5. The predicted octanol–water partition coefficient (Wildman–Crippen LogP) is 2.97. The molecule has 1 aliphatic heterocycles. The number of carbonyl (C=O) groups is 2. The average molecular weight is 372 g/mol. The molecule has 1 aliphatic rings. The molecule has 3 rings (SSSR count). The molecule has 1 unspecified atom stereocenters. The van der Waals surface area contributed by atoms with Crippen molar-refractivity contribution >= 4 is 23.3 Å². The van der Waals surface area contributed by atoms with E-state index in [1.807, 2.05) is 6.92 Å². The molecule has 1 amide bonds. The fourth-order valence-corrected chi connectivity index (χ4v) is 2.80. The third-order valence-corrected chi connectivity index (χ3v) is 4.19. The summed E-state index contributed by atoms with van der Waals surface area (Å²) in [6.45, 7) is 3.02. The van der Waals surface area contributed by atoms with Gasteiger partial charge in [-0.25, -0.2) is 9.18 Å². The molecule has 1 saturated heterocycles. The van der Waals surface area contributed by atoms with Gasteiger partial charge in [-0.1, -0.05) is 12.1 Å². The Hall–Kier alpha value is -2.93. The third kappa shape index (κ3) is 5.04. The molecular weight excluding hydrogens is 351 g/mol. The number of para-hydroxylation sites is 1. The predicted molar refractivity (Wildman–Crippen MR) is 98.4 cm³/mol. The molecule has 2 aromatic carbocycles. The Balaban J connectivity index is 1.63. The van der Waals surface area contributed by atoms with E-state index in [4.69, 9.17) is 9.47 Å². The number of morpholine rings is 1. The number of halogens is 1. The standard InChI is InChI=1S/C20H21FN2O4/c1-14-12-23(10-11-26-14)19(24)13-27-20(25)17-4-2-3-5-18(17)22-16-8-6-15(21)7-9-16/h2-9,14,22H,10-13H2,1H3. The number of nitrogens with zero attached hydrogens (tertiary/aromatic N) is 1. The van der Waals surface area contributed by atoms with Crippen molar-refractivity contribution in [2.75, 3.05) is 31.6 Å². The largest absolute Gasteiger partial charge is 0.452 e. The summed E-state index contributed by atoms with van der Waals surface area (Å²) in [5.74, 6) is -1.19. The zero-order valence-corrected chi connectivity index (χ0v) is 15.0. The summed E-state index contributed by atoms with van der Waals surface area (Å²) >= 11 is 0. The van der Waals surface area contributed by atoms with Crippen LogP contribution in [0.3, 0.4) is 0 Å². The lowest BCUT2D eigenvalue weighted by Gasteiger charge is -2.30. The first-order valence-electron chi connectivity index (χ1n) is 8.71. The van der Waals surface area contributed by atoms with Crippen LogP contribution in [0.1, 0.15) is 17.3 Å². The first kappa shape index (κ1) is 18.8. The van der Waals surface area contributed by atoms with Gasteiger partial charge >= 0.3 is 5.97 Å². The van der Waals surface area contributed by atoms with Gasteiger partial charge in [-0.3, -0.25) is 4.79 Å². The Morgan fingerprint density at radius 2 is 1.96 bits per heavy atom. The van der Waals surface area contributed by atoms with Gasteiger partial charge < -0.3 is 19.7 Å². The lowest BCUT2D eigenvalue weighted by molar-refractivity contribution is -0.141. The Kier molecular flexibility index (Phi) is 6.03. The van der Waals surface area contributed by atoms with E-state index in [1.165, 1.54) is 12.1 Å². The van der Waals surface area contributed by atoms with Crippen LogP contribution in [0.4, 0.5) is 15.8 Å². The minimum absolute atomic E-state index is 0.0287. The van der Waals surface area contributed by atoms with Gasteiger partial charge in [0.15, 0.2) is 6.61 Å². The lowest BCUT2D eigenvalue weighted by atomic mass is 10.1. The van der Waals surface area contributed by atoms with Gasteiger partial charge in [0, 0.05) is 18.8 Å². The molecule has 142 valence electrons. The van der Waals surface area contributed by atoms with Crippen molar-refractivity contribution in [2.45, 2.75) is 13.0 Å². The van der Waals surface area contributed by atoms with Gasteiger partial charge in [-0.15, -0.1) is 0 Å². The molecule has 27 heavy (non-hydrogen) atoms. The number of hydrogen-bond donors (Lipinski definition) is 1. The Bertz CT molecular complexity index is 810. The minimum atomic E-state index is -0.602. The molecule has 2 aromatic rings. The van der Waals surface area contributed by atoms with E-state index < -0.39 is 5.97 Å². The number of anilines is 2. The first-order valence-corrected chi connectivity index (χ1v) is 8.71. The molecule has 0 spiro atoms. The van der Waals surface area contributed by atoms with Crippen LogP contribution < -0.4 is 5.32 Å². The fraction of sp³-hybridized carbons (Fsp3) is 0.300. The normalized spacial score (nSPS) is 16.7. The summed E-state index contributed by atoms with van der Waals surface area (Å²) in [4.78, 5) is 26.3. The second-order valence-corrected chi connectivity index (χ2v) is 6.27. The fourth-order valence-electron chi connectivity index (χ4n) is 2.80. The maximum atomic E-state index is 13.0. The topological polar surface area (TPSA) is 67.9 Å². The zero-order valence-electron chi connectivity index (χ0n) is 15.0. The minimum Gasteiger partial charge on any atom is -0.452 e. The number of carbonyl (C=O) groups excluding carboxylic acids is 2. The number of benzene rings is 2. The average Bonchev–Trinajstić information content (AvgIpc) is 2.68. The maximum Gasteiger partial charge on any atom is 0.340 e. The summed E-state index contributed by atoms with van der Waals surface area (Å²) in [7, 11) is 0. The van der Waals surface area contributed by atoms with Gasteiger partial charge in [0.1, 0.15) is 5.82 Å². The molecule has 1 N–H and O–H groups in total. The van der Waals surface area contributed by atoms with Crippen LogP contribution >= 0.6 is 0 Å².